The molecule has 43 heavy (non-hydrogen) atoms. The van der Waals surface area contributed by atoms with E-state index in [2.05, 4.69) is 0 Å². The average Bonchev–Trinajstić information content (AvgIpc) is 3.05. The van der Waals surface area contributed by atoms with Crippen LogP contribution < -0.4 is 0 Å². The molecule has 1 aliphatic rings. The van der Waals surface area contributed by atoms with E-state index in [1.807, 2.05) is 142 Å². The van der Waals surface area contributed by atoms with Crippen molar-refractivity contribution >= 4 is 0 Å². The fourth-order valence-corrected chi connectivity index (χ4v) is 5.65. The lowest BCUT2D eigenvalue weighted by Gasteiger charge is -2.61. The van der Waals surface area contributed by atoms with E-state index in [0.29, 0.717) is 13.2 Å². The van der Waals surface area contributed by atoms with Crippen LogP contribution in [-0.2, 0) is 50.1 Å². The molecule has 1 saturated heterocycles. The van der Waals surface area contributed by atoms with Crippen LogP contribution in [0, 0.1) is 0 Å². The van der Waals surface area contributed by atoms with Gasteiger partial charge in [0.2, 0.25) is 0 Å². The van der Waals surface area contributed by atoms with E-state index < -0.39 is 29.2 Å². The van der Waals surface area contributed by atoms with Gasteiger partial charge in [-0.05, 0) is 43.0 Å². The van der Waals surface area contributed by atoms with E-state index >= 15 is 0 Å². The Morgan fingerprint density at radius 1 is 0.535 bits per heavy atom. The molecular formula is C37H42O6. The first-order valence-electron chi connectivity index (χ1n) is 14.8. The maximum atomic E-state index is 11.7. The molecule has 1 heterocycles. The van der Waals surface area contributed by atoms with Gasteiger partial charge in [0.15, 0.2) is 6.29 Å². The molecule has 1 aliphatic heterocycles. The summed E-state index contributed by atoms with van der Waals surface area (Å²) in [4.78, 5) is 0. The van der Waals surface area contributed by atoms with E-state index in [4.69, 9.17) is 23.7 Å². The lowest BCUT2D eigenvalue weighted by atomic mass is 9.67. The topological polar surface area (TPSA) is 66.4 Å². The molecule has 0 radical (unpaired) electrons. The van der Waals surface area contributed by atoms with Crippen molar-refractivity contribution in [2.24, 2.45) is 0 Å². The highest BCUT2D eigenvalue weighted by atomic mass is 16.7. The molecule has 6 heteroatoms. The van der Waals surface area contributed by atoms with Gasteiger partial charge in [-0.15, -0.1) is 0 Å². The third-order valence-corrected chi connectivity index (χ3v) is 8.79. The van der Waals surface area contributed by atoms with Crippen LogP contribution in [0.2, 0.25) is 0 Å². The standard InChI is InChI=1S/C37H42O6/c1-35(40-25-30-18-10-5-11-19-30)33(28-39-24-29-16-8-4-9-17-29)43-34(38)36(2,41-26-31-20-12-6-13-21-31)37(35,3)42-27-32-22-14-7-15-23-32/h4-23,33-34,38H,24-28H2,1-3H3/t33-,34+,35+,36-,37-/m0/s1. The zero-order valence-corrected chi connectivity index (χ0v) is 25.2. The lowest BCUT2D eigenvalue weighted by molar-refractivity contribution is -0.412. The summed E-state index contributed by atoms with van der Waals surface area (Å²) in [6.45, 7) is 7.21. The summed E-state index contributed by atoms with van der Waals surface area (Å²) in [5.41, 5.74) is 0.399. The molecule has 1 N–H and O–H groups in total. The molecular weight excluding hydrogens is 540 g/mol. The van der Waals surface area contributed by atoms with Crippen LogP contribution in [0.3, 0.4) is 0 Å². The second-order valence-electron chi connectivity index (χ2n) is 11.5. The third kappa shape index (κ3) is 6.91. The van der Waals surface area contributed by atoms with Gasteiger partial charge in [0.05, 0.1) is 33.0 Å². The Balaban J connectivity index is 1.49. The van der Waals surface area contributed by atoms with Crippen LogP contribution in [0.1, 0.15) is 43.0 Å². The highest BCUT2D eigenvalue weighted by Crippen LogP contribution is 2.51. The van der Waals surface area contributed by atoms with Gasteiger partial charge in [-0.2, -0.15) is 0 Å². The van der Waals surface area contributed by atoms with Gasteiger partial charge in [-0.25, -0.2) is 0 Å². The van der Waals surface area contributed by atoms with E-state index in [0.717, 1.165) is 22.3 Å². The van der Waals surface area contributed by atoms with Crippen molar-refractivity contribution in [3.8, 4) is 0 Å². The van der Waals surface area contributed by atoms with Crippen LogP contribution in [0.4, 0.5) is 0 Å². The third-order valence-electron chi connectivity index (χ3n) is 8.79. The maximum Gasteiger partial charge on any atom is 0.187 e. The first-order chi connectivity index (χ1) is 20.8. The summed E-state index contributed by atoms with van der Waals surface area (Å²) in [5, 5.41) is 11.7. The van der Waals surface area contributed by atoms with Crippen LogP contribution >= 0.6 is 0 Å². The minimum Gasteiger partial charge on any atom is -0.374 e. The molecule has 0 aliphatic carbocycles. The fourth-order valence-electron chi connectivity index (χ4n) is 5.65. The number of benzene rings is 4. The van der Waals surface area contributed by atoms with E-state index in [9.17, 15) is 5.11 Å². The summed E-state index contributed by atoms with van der Waals surface area (Å²) >= 11 is 0. The van der Waals surface area contributed by atoms with Crippen LogP contribution in [0.5, 0.6) is 0 Å². The molecule has 5 atom stereocenters. The molecule has 1 fully saturated rings. The van der Waals surface area contributed by atoms with Crippen molar-refractivity contribution in [1.82, 2.24) is 0 Å². The molecule has 0 bridgehead atoms. The molecule has 4 aromatic carbocycles. The largest absolute Gasteiger partial charge is 0.374 e. The summed E-state index contributed by atoms with van der Waals surface area (Å²) < 4.78 is 32.9. The van der Waals surface area contributed by atoms with Gasteiger partial charge in [0.25, 0.3) is 0 Å². The average molecular weight is 583 g/mol. The Hall–Kier alpha value is -3.36. The molecule has 5 rings (SSSR count). The second-order valence-corrected chi connectivity index (χ2v) is 11.5. The highest BCUT2D eigenvalue weighted by molar-refractivity contribution is 5.21. The van der Waals surface area contributed by atoms with Gasteiger partial charge in [0, 0.05) is 0 Å². The molecule has 0 aromatic heterocycles. The smallest absolute Gasteiger partial charge is 0.187 e. The summed E-state index contributed by atoms with van der Waals surface area (Å²) in [6.07, 6.45) is -2.00. The van der Waals surface area contributed by atoms with Gasteiger partial charge in [0.1, 0.15) is 22.9 Å². The minimum atomic E-state index is -1.32. The number of aliphatic hydroxyl groups excluding tert-OH is 1. The monoisotopic (exact) mass is 582 g/mol. The molecule has 6 nitrogen and oxygen atoms in total. The first-order valence-corrected chi connectivity index (χ1v) is 14.8. The van der Waals surface area contributed by atoms with Crippen LogP contribution in [-0.4, -0.2) is 40.9 Å². The van der Waals surface area contributed by atoms with Crippen molar-refractivity contribution in [3.05, 3.63) is 144 Å². The predicted octanol–water partition coefficient (Wildman–Crippen LogP) is 6.85. The SMILES string of the molecule is C[C@@]1(OCc2ccccc2)[C@@](C)(OCc2ccccc2)[C@H](O)O[C@@H](COCc2ccccc2)[C@@]1(C)OCc1ccccc1. The van der Waals surface area contributed by atoms with Crippen molar-refractivity contribution in [3.63, 3.8) is 0 Å². The first kappa shape index (κ1) is 31.1. The van der Waals surface area contributed by atoms with Crippen molar-refractivity contribution < 1.29 is 28.8 Å². The van der Waals surface area contributed by atoms with E-state index in [1.54, 1.807) is 0 Å². The highest BCUT2D eigenvalue weighted by Gasteiger charge is 2.69. The van der Waals surface area contributed by atoms with Gasteiger partial charge in [-0.1, -0.05) is 121 Å². The van der Waals surface area contributed by atoms with Gasteiger partial charge >= 0.3 is 0 Å². The summed E-state index contributed by atoms with van der Waals surface area (Å²) in [5.74, 6) is 0. The zero-order valence-electron chi connectivity index (χ0n) is 25.2. The molecule has 0 unspecified atom stereocenters. The number of hydrogen-bond donors (Lipinski definition) is 1. The normalized spacial score (nSPS) is 27.2. The molecule has 0 saturated carbocycles. The Bertz CT molecular complexity index is 1390. The zero-order chi connectivity index (χ0) is 30.2. The molecule has 226 valence electrons. The summed E-state index contributed by atoms with van der Waals surface area (Å²) in [7, 11) is 0. The Labute approximate surface area is 255 Å². The van der Waals surface area contributed by atoms with Crippen LogP contribution in [0.15, 0.2) is 121 Å². The van der Waals surface area contributed by atoms with Crippen molar-refractivity contribution in [1.29, 1.82) is 0 Å². The van der Waals surface area contributed by atoms with E-state index in [-0.39, 0.29) is 19.8 Å². The lowest BCUT2D eigenvalue weighted by Crippen LogP contribution is -2.79. The summed E-state index contributed by atoms with van der Waals surface area (Å²) in [6, 6.07) is 39.8. The number of aliphatic hydroxyl groups is 1. The van der Waals surface area contributed by atoms with Crippen molar-refractivity contribution in [2.45, 2.75) is 76.4 Å². The second kappa shape index (κ2) is 14.0. The molecule has 0 spiro atoms. The predicted molar refractivity (Wildman–Crippen MR) is 166 cm³/mol. The van der Waals surface area contributed by atoms with Crippen molar-refractivity contribution in [2.75, 3.05) is 6.61 Å². The Kier molecular flexibility index (Phi) is 10.1. The molecule has 0 amide bonds. The Morgan fingerprint density at radius 2 is 0.907 bits per heavy atom. The maximum absolute atomic E-state index is 11.7. The quantitative estimate of drug-likeness (QED) is 0.186. The number of ether oxygens (including phenoxy) is 5. The fraction of sp³-hybridized carbons (Fsp3) is 0.351. The number of hydrogen-bond acceptors (Lipinski definition) is 6. The van der Waals surface area contributed by atoms with Gasteiger partial charge < -0.3 is 28.8 Å². The Morgan fingerprint density at radius 3 is 1.35 bits per heavy atom. The van der Waals surface area contributed by atoms with E-state index in [1.165, 1.54) is 0 Å². The van der Waals surface area contributed by atoms with Gasteiger partial charge in [-0.3, -0.25) is 0 Å². The minimum absolute atomic E-state index is 0.177. The number of rotatable bonds is 13. The van der Waals surface area contributed by atoms with Crippen LogP contribution in [0.25, 0.3) is 0 Å². The molecule has 4 aromatic rings.